The van der Waals surface area contributed by atoms with Gasteiger partial charge in [0.25, 0.3) is 0 Å². The molecule has 11 heavy (non-hydrogen) atoms. The van der Waals surface area contributed by atoms with Crippen LogP contribution in [0.3, 0.4) is 0 Å². The first-order valence-corrected chi connectivity index (χ1v) is 3.22. The maximum atomic E-state index is 5.60. The van der Waals surface area contributed by atoms with E-state index >= 15 is 0 Å². The number of nitrogens with two attached hydrogens (primary N) is 2. The van der Waals surface area contributed by atoms with Crippen molar-refractivity contribution < 1.29 is 0 Å². The maximum Gasteiger partial charge on any atom is 0.152 e. The van der Waals surface area contributed by atoms with Gasteiger partial charge in [0, 0.05) is 12.7 Å². The molecule has 5 heteroatoms. The van der Waals surface area contributed by atoms with Crippen LogP contribution in [0.5, 0.6) is 0 Å². The van der Waals surface area contributed by atoms with Crippen LogP contribution in [0.1, 0.15) is 5.56 Å². The molecule has 4 N–H and O–H groups in total. The quantitative estimate of drug-likeness (QED) is 0.660. The minimum atomic E-state index is 0. The molecule has 0 aromatic carbocycles. The van der Waals surface area contributed by atoms with E-state index in [0.29, 0.717) is 17.4 Å². The van der Waals surface area contributed by atoms with Crippen LogP contribution in [0.4, 0.5) is 5.69 Å². The van der Waals surface area contributed by atoms with Gasteiger partial charge in [-0.3, -0.25) is 0 Å². The molecular formula is C6H9Cl2N3. The van der Waals surface area contributed by atoms with Crippen LogP contribution in [0, 0.1) is 0 Å². The molecule has 3 nitrogen and oxygen atoms in total. The summed E-state index contributed by atoms with van der Waals surface area (Å²) in [5.74, 6) is 0. The largest absolute Gasteiger partial charge is 0.396 e. The van der Waals surface area contributed by atoms with Gasteiger partial charge < -0.3 is 11.5 Å². The van der Waals surface area contributed by atoms with Crippen molar-refractivity contribution in [1.29, 1.82) is 0 Å². The van der Waals surface area contributed by atoms with Gasteiger partial charge in [-0.2, -0.15) is 0 Å². The van der Waals surface area contributed by atoms with Gasteiger partial charge in [0.1, 0.15) is 0 Å². The summed E-state index contributed by atoms with van der Waals surface area (Å²) >= 11 is 5.60. The number of rotatable bonds is 1. The predicted octanol–water partition coefficient (Wildman–Crippen LogP) is 1.20. The average Bonchev–Trinajstić information content (AvgIpc) is 1.95. The second-order valence-electron chi connectivity index (χ2n) is 1.88. The molecule has 0 aliphatic heterocycles. The van der Waals surface area contributed by atoms with E-state index in [1.807, 2.05) is 0 Å². The summed E-state index contributed by atoms with van der Waals surface area (Å²) in [6.45, 7) is 0.397. The van der Waals surface area contributed by atoms with Crippen molar-refractivity contribution in [3.8, 4) is 0 Å². The molecular weight excluding hydrogens is 185 g/mol. The molecule has 0 saturated carbocycles. The molecule has 0 fully saturated rings. The number of anilines is 1. The first-order valence-electron chi connectivity index (χ1n) is 2.84. The molecule has 0 radical (unpaired) electrons. The highest BCUT2D eigenvalue weighted by atomic mass is 35.5. The van der Waals surface area contributed by atoms with Crippen molar-refractivity contribution in [2.75, 3.05) is 5.73 Å². The molecule has 0 spiro atoms. The smallest absolute Gasteiger partial charge is 0.152 e. The highest BCUT2D eigenvalue weighted by molar-refractivity contribution is 6.31. The predicted molar refractivity (Wildman–Crippen MR) is 48.8 cm³/mol. The van der Waals surface area contributed by atoms with Crippen LogP contribution < -0.4 is 11.5 Å². The number of hydrogen-bond acceptors (Lipinski definition) is 3. The van der Waals surface area contributed by atoms with Gasteiger partial charge in [-0.05, 0) is 11.6 Å². The third kappa shape index (κ3) is 2.22. The van der Waals surface area contributed by atoms with Crippen molar-refractivity contribution in [3.05, 3.63) is 23.0 Å². The fourth-order valence-electron chi connectivity index (χ4n) is 0.662. The molecule has 0 aliphatic rings. The summed E-state index contributed by atoms with van der Waals surface area (Å²) in [6, 6.07) is 1.75. The Bertz CT molecular complexity index is 239. The van der Waals surface area contributed by atoms with Crippen LogP contribution in [0.25, 0.3) is 0 Å². The molecule has 0 bridgehead atoms. The van der Waals surface area contributed by atoms with E-state index < -0.39 is 0 Å². The third-order valence-electron chi connectivity index (χ3n) is 1.25. The summed E-state index contributed by atoms with van der Waals surface area (Å²) in [7, 11) is 0. The summed E-state index contributed by atoms with van der Waals surface area (Å²) < 4.78 is 0. The normalized spacial score (nSPS) is 8.91. The zero-order valence-electron chi connectivity index (χ0n) is 5.75. The Morgan fingerprint density at radius 2 is 2.18 bits per heavy atom. The van der Waals surface area contributed by atoms with Gasteiger partial charge in [0.2, 0.25) is 0 Å². The second-order valence-corrected chi connectivity index (χ2v) is 2.24. The van der Waals surface area contributed by atoms with Crippen molar-refractivity contribution in [3.63, 3.8) is 0 Å². The Hall–Kier alpha value is -0.510. The van der Waals surface area contributed by atoms with Gasteiger partial charge in [0.05, 0.1) is 5.69 Å². The fourth-order valence-corrected chi connectivity index (χ4v) is 0.840. The van der Waals surface area contributed by atoms with E-state index in [0.717, 1.165) is 5.56 Å². The van der Waals surface area contributed by atoms with Crippen LogP contribution in [0.2, 0.25) is 5.15 Å². The van der Waals surface area contributed by atoms with Gasteiger partial charge in [-0.25, -0.2) is 4.98 Å². The first kappa shape index (κ1) is 10.5. The van der Waals surface area contributed by atoms with Crippen LogP contribution in [0.15, 0.2) is 12.3 Å². The fraction of sp³-hybridized carbons (Fsp3) is 0.167. The molecule has 1 aromatic rings. The topological polar surface area (TPSA) is 64.9 Å². The standard InChI is InChI=1S/C6H8ClN3.ClH/c7-6-5(9)4(3-8)1-2-10-6;/h1-2H,3,8-9H2;1H. The minimum absolute atomic E-state index is 0. The molecule has 0 atom stereocenters. The van der Waals surface area contributed by atoms with Crippen LogP contribution in [-0.2, 0) is 6.54 Å². The molecule has 0 saturated heterocycles. The van der Waals surface area contributed by atoms with Crippen molar-refractivity contribution in [2.24, 2.45) is 5.73 Å². The Morgan fingerprint density at radius 1 is 1.55 bits per heavy atom. The number of nitrogens with zero attached hydrogens (tertiary/aromatic N) is 1. The highest BCUT2D eigenvalue weighted by Gasteiger charge is 2.00. The number of pyridine rings is 1. The Kier molecular flexibility index (Phi) is 4.18. The number of halogens is 2. The minimum Gasteiger partial charge on any atom is -0.396 e. The number of hydrogen-bond donors (Lipinski definition) is 2. The molecule has 1 rings (SSSR count). The second kappa shape index (κ2) is 4.38. The molecule has 0 aliphatic carbocycles. The van der Waals surface area contributed by atoms with Crippen molar-refractivity contribution in [2.45, 2.75) is 6.54 Å². The molecule has 62 valence electrons. The lowest BCUT2D eigenvalue weighted by Crippen LogP contribution is -2.02. The van der Waals surface area contributed by atoms with Gasteiger partial charge in [-0.15, -0.1) is 12.4 Å². The summed E-state index contributed by atoms with van der Waals surface area (Å²) in [6.07, 6.45) is 1.58. The van der Waals surface area contributed by atoms with E-state index in [9.17, 15) is 0 Å². The van der Waals surface area contributed by atoms with E-state index in [2.05, 4.69) is 4.98 Å². The van der Waals surface area contributed by atoms with E-state index in [-0.39, 0.29) is 12.4 Å². The Balaban J connectivity index is 0.000001000. The van der Waals surface area contributed by atoms with E-state index in [4.69, 9.17) is 23.1 Å². The Labute approximate surface area is 76.2 Å². The molecule has 1 aromatic heterocycles. The third-order valence-corrected chi connectivity index (χ3v) is 1.55. The number of nitrogen functional groups attached to an aromatic ring is 1. The lowest BCUT2D eigenvalue weighted by Gasteiger charge is -2.01. The van der Waals surface area contributed by atoms with Crippen molar-refractivity contribution in [1.82, 2.24) is 4.98 Å². The van der Waals surface area contributed by atoms with Crippen LogP contribution in [-0.4, -0.2) is 4.98 Å². The summed E-state index contributed by atoms with van der Waals surface area (Å²) in [5, 5.41) is 0.322. The highest BCUT2D eigenvalue weighted by Crippen LogP contribution is 2.18. The average molecular weight is 194 g/mol. The van der Waals surface area contributed by atoms with Gasteiger partial charge in [-0.1, -0.05) is 11.6 Å². The van der Waals surface area contributed by atoms with E-state index in [1.54, 1.807) is 12.3 Å². The lowest BCUT2D eigenvalue weighted by atomic mass is 10.2. The van der Waals surface area contributed by atoms with E-state index in [1.165, 1.54) is 0 Å². The van der Waals surface area contributed by atoms with Crippen molar-refractivity contribution >= 4 is 29.7 Å². The SMILES string of the molecule is Cl.NCc1ccnc(Cl)c1N. The van der Waals surface area contributed by atoms with Gasteiger partial charge >= 0.3 is 0 Å². The molecule has 1 heterocycles. The zero-order valence-corrected chi connectivity index (χ0v) is 7.32. The van der Waals surface area contributed by atoms with Gasteiger partial charge in [0.15, 0.2) is 5.15 Å². The number of aromatic nitrogens is 1. The maximum absolute atomic E-state index is 5.60. The van der Waals surface area contributed by atoms with Crippen LogP contribution >= 0.6 is 24.0 Å². The first-order chi connectivity index (χ1) is 4.75. The molecule has 0 amide bonds. The lowest BCUT2D eigenvalue weighted by molar-refractivity contribution is 1.06. The monoisotopic (exact) mass is 193 g/mol. The Morgan fingerprint density at radius 3 is 2.64 bits per heavy atom. The summed E-state index contributed by atoms with van der Waals surface area (Å²) in [4.78, 5) is 3.77. The zero-order chi connectivity index (χ0) is 7.56. The summed E-state index contributed by atoms with van der Waals surface area (Å²) in [5.41, 5.74) is 12.2. The molecule has 0 unspecified atom stereocenters.